The molecule has 0 saturated heterocycles. The van der Waals surface area contributed by atoms with Gasteiger partial charge in [0, 0.05) is 11.8 Å². The van der Waals surface area contributed by atoms with Crippen LogP contribution in [0.4, 0.5) is 10.2 Å². The first-order valence-electron chi connectivity index (χ1n) is 9.97. The van der Waals surface area contributed by atoms with Crippen LogP contribution in [-0.2, 0) is 0 Å². The molecule has 2 heterocycles. The Balaban J connectivity index is 0.00000306. The van der Waals surface area contributed by atoms with Crippen LogP contribution in [0.5, 0.6) is 5.75 Å². The number of aromatic nitrogens is 4. The number of nitrogens with zero attached hydrogens (tertiary/aromatic N) is 5. The number of aryl methyl sites for hydroxylation is 1. The molecule has 0 aliphatic carbocycles. The normalized spacial score (nSPS) is 11.2. The highest BCUT2D eigenvalue weighted by atomic mass is 35.5. The summed E-state index contributed by atoms with van der Waals surface area (Å²) >= 11 is 0. The van der Waals surface area contributed by atoms with Crippen molar-refractivity contribution in [2.24, 2.45) is 0 Å². The monoisotopic (exact) mass is 464 g/mol. The van der Waals surface area contributed by atoms with Gasteiger partial charge in [0.1, 0.15) is 17.6 Å². The molecule has 0 amide bonds. The number of benzene rings is 2. The number of ether oxygens (including phenoxy) is 1. The van der Waals surface area contributed by atoms with E-state index in [1.807, 2.05) is 42.8 Å². The third-order valence-corrected chi connectivity index (χ3v) is 5.10. The third kappa shape index (κ3) is 5.10. The summed E-state index contributed by atoms with van der Waals surface area (Å²) in [5, 5.41) is 21.4. The van der Waals surface area contributed by atoms with Crippen molar-refractivity contribution < 1.29 is 9.13 Å². The van der Waals surface area contributed by atoms with Crippen molar-refractivity contribution in [1.29, 1.82) is 5.26 Å². The van der Waals surface area contributed by atoms with Gasteiger partial charge in [-0.3, -0.25) is 0 Å². The van der Waals surface area contributed by atoms with Crippen molar-refractivity contribution in [3.63, 3.8) is 0 Å². The minimum Gasteiger partial charge on any atom is -0.495 e. The van der Waals surface area contributed by atoms with Gasteiger partial charge in [-0.15, -0.1) is 22.6 Å². The number of rotatable bonds is 6. The minimum absolute atomic E-state index is 0. The molecule has 2 aromatic heterocycles. The van der Waals surface area contributed by atoms with Crippen molar-refractivity contribution in [1.82, 2.24) is 19.7 Å². The average molecular weight is 465 g/mol. The Morgan fingerprint density at radius 2 is 1.88 bits per heavy atom. The second kappa shape index (κ2) is 10.1. The Bertz CT molecular complexity index is 1300. The van der Waals surface area contributed by atoms with Gasteiger partial charge in [-0.1, -0.05) is 18.2 Å². The molecule has 0 radical (unpaired) electrons. The van der Waals surface area contributed by atoms with E-state index in [1.165, 1.54) is 12.1 Å². The Kier molecular flexibility index (Phi) is 7.26. The topological polar surface area (TPSA) is 88.6 Å². The molecule has 1 atom stereocenters. The minimum atomic E-state index is -0.299. The van der Waals surface area contributed by atoms with E-state index >= 15 is 0 Å². The SMILES string of the molecule is COc1cc(-c2cc(C#N)c(N[C@@H](C)c3ccc(F)cc3)nn2)ccc1-n1cnc(C)c1.Cl. The van der Waals surface area contributed by atoms with Crippen LogP contribution in [-0.4, -0.2) is 26.9 Å². The third-order valence-electron chi connectivity index (χ3n) is 5.10. The van der Waals surface area contributed by atoms with Gasteiger partial charge in [-0.05, 0) is 49.7 Å². The van der Waals surface area contributed by atoms with Crippen LogP contribution < -0.4 is 10.1 Å². The lowest BCUT2D eigenvalue weighted by molar-refractivity contribution is 0.413. The van der Waals surface area contributed by atoms with Gasteiger partial charge in [0.2, 0.25) is 0 Å². The summed E-state index contributed by atoms with van der Waals surface area (Å²) in [7, 11) is 1.60. The van der Waals surface area contributed by atoms with Crippen LogP contribution in [0, 0.1) is 24.1 Å². The predicted molar refractivity (Wildman–Crippen MR) is 126 cm³/mol. The van der Waals surface area contributed by atoms with Crippen LogP contribution in [0.1, 0.15) is 29.8 Å². The Labute approximate surface area is 197 Å². The second-order valence-corrected chi connectivity index (χ2v) is 7.33. The Morgan fingerprint density at radius 3 is 2.52 bits per heavy atom. The van der Waals surface area contributed by atoms with Gasteiger partial charge in [0.05, 0.1) is 42.1 Å². The van der Waals surface area contributed by atoms with E-state index in [4.69, 9.17) is 4.74 Å². The van der Waals surface area contributed by atoms with Crippen molar-refractivity contribution in [2.45, 2.75) is 19.9 Å². The maximum absolute atomic E-state index is 13.2. The molecule has 9 heteroatoms. The van der Waals surface area contributed by atoms with E-state index in [0.717, 1.165) is 22.5 Å². The number of methoxy groups -OCH3 is 1. The number of halogens is 2. The summed E-state index contributed by atoms with van der Waals surface area (Å²) in [4.78, 5) is 4.25. The molecule has 0 unspecified atom stereocenters. The quantitative estimate of drug-likeness (QED) is 0.419. The molecule has 0 fully saturated rings. The maximum atomic E-state index is 13.2. The van der Waals surface area contributed by atoms with Gasteiger partial charge in [0.25, 0.3) is 0 Å². The van der Waals surface area contributed by atoms with Crippen LogP contribution in [0.3, 0.4) is 0 Å². The van der Waals surface area contributed by atoms with Crippen LogP contribution in [0.25, 0.3) is 16.9 Å². The number of hydrogen-bond acceptors (Lipinski definition) is 6. The number of nitrogens with one attached hydrogen (secondary N) is 1. The highest BCUT2D eigenvalue weighted by molar-refractivity contribution is 5.85. The molecule has 33 heavy (non-hydrogen) atoms. The first-order valence-corrected chi connectivity index (χ1v) is 9.97. The van der Waals surface area contributed by atoms with Crippen molar-refractivity contribution in [3.8, 4) is 28.8 Å². The van der Waals surface area contributed by atoms with E-state index in [0.29, 0.717) is 22.8 Å². The van der Waals surface area contributed by atoms with Gasteiger partial charge in [-0.2, -0.15) is 5.26 Å². The molecule has 0 spiro atoms. The summed E-state index contributed by atoms with van der Waals surface area (Å²) in [6.07, 6.45) is 3.64. The Hall–Kier alpha value is -3.96. The zero-order valence-electron chi connectivity index (χ0n) is 18.3. The number of nitriles is 1. The molecule has 7 nitrogen and oxygen atoms in total. The van der Waals surface area contributed by atoms with Crippen molar-refractivity contribution in [2.75, 3.05) is 12.4 Å². The molecule has 4 aromatic rings. The maximum Gasteiger partial charge on any atom is 0.167 e. The average Bonchev–Trinajstić information content (AvgIpc) is 3.25. The fraction of sp³-hybridized carbons (Fsp3) is 0.167. The van der Waals surface area contributed by atoms with Gasteiger partial charge >= 0.3 is 0 Å². The lowest BCUT2D eigenvalue weighted by atomic mass is 10.1. The first kappa shape index (κ1) is 23.7. The summed E-state index contributed by atoms with van der Waals surface area (Å²) in [5.74, 6) is 0.713. The lowest BCUT2D eigenvalue weighted by Gasteiger charge is -2.16. The zero-order chi connectivity index (χ0) is 22.7. The second-order valence-electron chi connectivity index (χ2n) is 7.33. The summed E-state index contributed by atoms with van der Waals surface area (Å²) in [5.41, 5.74) is 4.29. The summed E-state index contributed by atoms with van der Waals surface area (Å²) < 4.78 is 20.6. The molecule has 2 aromatic carbocycles. The molecule has 1 N–H and O–H groups in total. The fourth-order valence-corrected chi connectivity index (χ4v) is 3.37. The van der Waals surface area contributed by atoms with Crippen LogP contribution >= 0.6 is 12.4 Å². The predicted octanol–water partition coefficient (Wildman–Crippen LogP) is 5.25. The standard InChI is InChI=1S/C24H21FN6O.ClH/c1-15-13-31(14-27-15)22-9-6-18(11-23(22)32-3)21-10-19(12-26)24(30-29-21)28-16(2)17-4-7-20(25)8-5-17;/h4-11,13-14,16H,1-3H3,(H,28,30);1H/t16-;/m0./s1. The van der Waals surface area contributed by atoms with E-state index in [1.54, 1.807) is 31.6 Å². The van der Waals surface area contributed by atoms with E-state index < -0.39 is 0 Å². The molecular weight excluding hydrogens is 443 g/mol. The summed E-state index contributed by atoms with van der Waals surface area (Å²) in [6.45, 7) is 3.83. The van der Waals surface area contributed by atoms with Crippen LogP contribution in [0.2, 0.25) is 0 Å². The summed E-state index contributed by atoms with van der Waals surface area (Å²) in [6, 6.07) is 15.5. The molecule has 0 bridgehead atoms. The molecule has 4 rings (SSSR count). The lowest BCUT2D eigenvalue weighted by Crippen LogP contribution is -2.10. The smallest absolute Gasteiger partial charge is 0.167 e. The van der Waals surface area contributed by atoms with Crippen molar-refractivity contribution >= 4 is 18.2 Å². The molecule has 168 valence electrons. The highest BCUT2D eigenvalue weighted by Gasteiger charge is 2.14. The van der Waals surface area contributed by atoms with Gasteiger partial charge in [-0.25, -0.2) is 9.37 Å². The van der Waals surface area contributed by atoms with E-state index in [9.17, 15) is 9.65 Å². The largest absolute Gasteiger partial charge is 0.495 e. The molecule has 0 saturated carbocycles. The Morgan fingerprint density at radius 1 is 1.12 bits per heavy atom. The van der Waals surface area contributed by atoms with Gasteiger partial charge in [0.15, 0.2) is 5.82 Å². The highest BCUT2D eigenvalue weighted by Crippen LogP contribution is 2.30. The zero-order valence-corrected chi connectivity index (χ0v) is 19.1. The fourth-order valence-electron chi connectivity index (χ4n) is 3.37. The van der Waals surface area contributed by atoms with Gasteiger partial charge < -0.3 is 14.6 Å². The van der Waals surface area contributed by atoms with Crippen molar-refractivity contribution in [3.05, 3.63) is 83.7 Å². The number of imidazole rings is 1. The van der Waals surface area contributed by atoms with Crippen LogP contribution in [0.15, 0.2) is 61.1 Å². The van der Waals surface area contributed by atoms with E-state index in [2.05, 4.69) is 26.6 Å². The number of hydrogen-bond donors (Lipinski definition) is 1. The van der Waals surface area contributed by atoms with E-state index in [-0.39, 0.29) is 24.3 Å². The number of anilines is 1. The first-order chi connectivity index (χ1) is 15.5. The molecule has 0 aliphatic heterocycles. The molecular formula is C24H22ClFN6O. The molecule has 0 aliphatic rings.